The van der Waals surface area contributed by atoms with E-state index in [1.165, 1.54) is 18.5 Å². The van der Waals surface area contributed by atoms with Crippen molar-refractivity contribution < 1.29 is 38.7 Å². The van der Waals surface area contributed by atoms with Crippen LogP contribution in [0.15, 0.2) is 79.1 Å². The number of benzene rings is 3. The van der Waals surface area contributed by atoms with E-state index >= 15 is 0 Å². The summed E-state index contributed by atoms with van der Waals surface area (Å²) in [5, 5.41) is 36.1. The van der Waals surface area contributed by atoms with Crippen LogP contribution in [0.2, 0.25) is 0 Å². The summed E-state index contributed by atoms with van der Waals surface area (Å²) in [6, 6.07) is 20.3. The molecular formula is C54H69BN10O8. The number of nitrogens with zero attached hydrogens (tertiary/aromatic N) is 7. The molecule has 4 amide bonds. The second-order valence-corrected chi connectivity index (χ2v) is 20.9. The number of phenolic OH excluding ortho intramolecular Hbond substituents is 2. The van der Waals surface area contributed by atoms with Gasteiger partial charge in [0.1, 0.15) is 17.2 Å². The second kappa shape index (κ2) is 22.2. The van der Waals surface area contributed by atoms with Gasteiger partial charge in [0.25, 0.3) is 11.8 Å². The van der Waals surface area contributed by atoms with E-state index in [4.69, 9.17) is 15.0 Å². The SMILES string of the molecule is CCNC(=O)c1nnc(-c2cc(C(C)C)c(O)cc2O)n1-c1ccc(CN2CCC(C(=O)N3CCC4(CC3)OB([C@H](CC(C)C)NC(=O)[C@@H](Cc3ccccc3)c3nccnc3C(N)=O)OC4(C)C)CC2)cc1. The molecule has 8 rings (SSSR count). The van der Waals surface area contributed by atoms with Crippen molar-refractivity contribution in [1.82, 2.24) is 45.2 Å². The smallest absolute Gasteiger partial charge is 0.481 e. The Labute approximate surface area is 427 Å². The van der Waals surface area contributed by atoms with E-state index in [2.05, 4.69) is 49.5 Å². The minimum Gasteiger partial charge on any atom is -0.508 e. The third kappa shape index (κ3) is 11.4. The zero-order chi connectivity index (χ0) is 52.2. The fourth-order valence-electron chi connectivity index (χ4n) is 10.7. The van der Waals surface area contributed by atoms with Crippen LogP contribution in [0.3, 0.4) is 0 Å². The first-order chi connectivity index (χ1) is 34.9. The molecule has 19 heteroatoms. The average Bonchev–Trinajstić information content (AvgIpc) is 3.91. The number of amides is 4. The minimum atomic E-state index is -0.865. The summed E-state index contributed by atoms with van der Waals surface area (Å²) in [7, 11) is -0.762. The standard InChI is InChI=1S/C54H69BN10O8/c1-8-57-51(70)49-62-61-48(40-30-39(34(4)5)42(66)31-43(40)67)65(49)38-16-14-36(15-17-38)32-63-24-18-37(19-25-63)52(71)64-26-20-54(21-27-64)53(6,7)72-55(73-54)44(28-33(2)3)60-50(69)41(29-35-12-10-9-11-13-35)45-46(47(56)68)59-23-22-58-45/h9-17,22-23,30-31,33-34,37,41,44,66-67H,8,18-21,24-29,32H2,1-7H3,(H2,56,68)(H,57,70)(H,60,69)/t41-,44-/m0/s1. The fraction of sp³-hybridized carbons (Fsp3) is 0.481. The number of carbonyl (C=O) groups excluding carboxylic acids is 4. The van der Waals surface area contributed by atoms with Gasteiger partial charge in [0, 0.05) is 56.2 Å². The van der Waals surface area contributed by atoms with Crippen molar-refractivity contribution in [3.63, 3.8) is 0 Å². The first-order valence-electron chi connectivity index (χ1n) is 25.6. The van der Waals surface area contributed by atoms with Gasteiger partial charge in [0.2, 0.25) is 17.6 Å². The Hall–Kier alpha value is -6.70. The molecule has 2 atom stereocenters. The maximum absolute atomic E-state index is 14.5. The third-order valence-corrected chi connectivity index (χ3v) is 14.8. The summed E-state index contributed by atoms with van der Waals surface area (Å²) in [6.07, 6.45) is 6.30. The molecule has 3 aliphatic heterocycles. The van der Waals surface area contributed by atoms with Crippen molar-refractivity contribution in [2.75, 3.05) is 32.7 Å². The second-order valence-electron chi connectivity index (χ2n) is 20.9. The molecule has 3 saturated heterocycles. The van der Waals surface area contributed by atoms with Crippen LogP contribution in [0.4, 0.5) is 0 Å². The van der Waals surface area contributed by atoms with Gasteiger partial charge in [0.15, 0.2) is 5.82 Å². The van der Waals surface area contributed by atoms with Gasteiger partial charge in [-0.2, -0.15) is 0 Å². The van der Waals surface area contributed by atoms with Crippen LogP contribution >= 0.6 is 0 Å². The lowest BCUT2D eigenvalue weighted by Gasteiger charge is -2.46. The number of piperidine rings is 2. The van der Waals surface area contributed by atoms with Gasteiger partial charge in [-0.15, -0.1) is 10.2 Å². The van der Waals surface area contributed by atoms with Crippen LogP contribution in [0.25, 0.3) is 17.1 Å². The summed E-state index contributed by atoms with van der Waals surface area (Å²) in [6.45, 7) is 17.5. The minimum absolute atomic E-state index is 0.0246. The lowest BCUT2D eigenvalue weighted by Crippen LogP contribution is -2.57. The lowest BCUT2D eigenvalue weighted by molar-refractivity contribution is -0.143. The summed E-state index contributed by atoms with van der Waals surface area (Å²) in [5.74, 6) is -2.57. The van der Waals surface area contributed by atoms with Crippen molar-refractivity contribution in [3.05, 3.63) is 113 Å². The van der Waals surface area contributed by atoms with Crippen LogP contribution < -0.4 is 16.4 Å². The maximum Gasteiger partial charge on any atom is 0.481 e. The highest BCUT2D eigenvalue weighted by atomic mass is 16.7. The first kappa shape index (κ1) is 52.6. The van der Waals surface area contributed by atoms with Crippen molar-refractivity contribution in [3.8, 4) is 28.6 Å². The molecule has 2 aromatic heterocycles. The van der Waals surface area contributed by atoms with Gasteiger partial charge >= 0.3 is 7.12 Å². The predicted octanol–water partition coefficient (Wildman–Crippen LogP) is 6.09. The first-order valence-corrected chi connectivity index (χ1v) is 25.6. The summed E-state index contributed by atoms with van der Waals surface area (Å²) >= 11 is 0. The Morgan fingerprint density at radius 2 is 1.55 bits per heavy atom. The molecule has 73 heavy (non-hydrogen) atoms. The average molecular weight is 997 g/mol. The molecular weight excluding hydrogens is 927 g/mol. The number of hydrogen-bond acceptors (Lipinski definition) is 13. The molecule has 18 nitrogen and oxygen atoms in total. The largest absolute Gasteiger partial charge is 0.508 e. The van der Waals surface area contributed by atoms with E-state index in [0.29, 0.717) is 62.3 Å². The normalized spacial score (nSPS) is 17.8. The van der Waals surface area contributed by atoms with E-state index < -0.39 is 42.0 Å². The molecule has 0 radical (unpaired) electrons. The number of aromatic hydroxyl groups is 2. The monoisotopic (exact) mass is 997 g/mol. The number of likely N-dealkylation sites (tertiary alicyclic amines) is 2. The van der Waals surface area contributed by atoms with Crippen molar-refractivity contribution >= 4 is 30.7 Å². The highest BCUT2D eigenvalue weighted by molar-refractivity contribution is 6.48. The molecule has 0 bridgehead atoms. The highest BCUT2D eigenvalue weighted by Gasteiger charge is 2.60. The van der Waals surface area contributed by atoms with Crippen molar-refractivity contribution in [2.45, 2.75) is 123 Å². The molecule has 3 aromatic carbocycles. The molecule has 1 spiro atoms. The number of aromatic nitrogens is 5. The van der Waals surface area contributed by atoms with E-state index in [0.717, 1.165) is 37.1 Å². The predicted molar refractivity (Wildman–Crippen MR) is 276 cm³/mol. The van der Waals surface area contributed by atoms with E-state index in [1.807, 2.05) is 94.1 Å². The van der Waals surface area contributed by atoms with Gasteiger partial charge in [0.05, 0.1) is 34.3 Å². The molecule has 3 fully saturated rings. The molecule has 0 unspecified atom stereocenters. The zero-order valence-electron chi connectivity index (χ0n) is 43.0. The van der Waals surface area contributed by atoms with Crippen molar-refractivity contribution in [2.24, 2.45) is 17.6 Å². The zero-order valence-corrected chi connectivity index (χ0v) is 43.0. The molecule has 0 saturated carbocycles. The molecule has 3 aliphatic rings. The van der Waals surface area contributed by atoms with E-state index in [9.17, 15) is 29.4 Å². The Bertz CT molecular complexity index is 2770. The number of primary amides is 1. The van der Waals surface area contributed by atoms with Gasteiger partial charge in [-0.1, -0.05) is 70.2 Å². The van der Waals surface area contributed by atoms with Crippen LogP contribution in [0.1, 0.15) is 136 Å². The van der Waals surface area contributed by atoms with E-state index in [-0.39, 0.29) is 70.5 Å². The Morgan fingerprint density at radius 1 is 0.863 bits per heavy atom. The number of phenols is 2. The van der Waals surface area contributed by atoms with Crippen LogP contribution in [0.5, 0.6) is 11.5 Å². The van der Waals surface area contributed by atoms with E-state index in [1.54, 1.807) is 10.6 Å². The Morgan fingerprint density at radius 3 is 2.19 bits per heavy atom. The number of hydrogen-bond donors (Lipinski definition) is 5. The molecule has 6 N–H and O–H groups in total. The fourth-order valence-corrected chi connectivity index (χ4v) is 10.7. The third-order valence-electron chi connectivity index (χ3n) is 14.8. The van der Waals surface area contributed by atoms with Crippen LogP contribution in [0, 0.1) is 11.8 Å². The van der Waals surface area contributed by atoms with Gasteiger partial charge in [-0.3, -0.25) is 33.6 Å². The Balaban J connectivity index is 0.886. The quantitative estimate of drug-likeness (QED) is 0.0664. The topological polar surface area (TPSA) is 240 Å². The van der Waals surface area contributed by atoms with Crippen LogP contribution in [-0.4, -0.2) is 125 Å². The number of carbonyl (C=O) groups is 4. The highest BCUT2D eigenvalue weighted by Crippen LogP contribution is 2.46. The molecule has 5 aromatic rings. The van der Waals surface area contributed by atoms with Gasteiger partial charge in [-0.25, -0.2) is 4.98 Å². The number of nitrogens with one attached hydrogen (secondary N) is 2. The van der Waals surface area contributed by atoms with Crippen molar-refractivity contribution in [1.29, 1.82) is 0 Å². The summed E-state index contributed by atoms with van der Waals surface area (Å²) in [5.41, 5.74) is 8.03. The van der Waals surface area contributed by atoms with Gasteiger partial charge < -0.3 is 40.8 Å². The number of nitrogens with two attached hydrogens (primary N) is 1. The molecule has 5 heterocycles. The number of rotatable bonds is 17. The lowest BCUT2D eigenvalue weighted by atomic mass is 9.73. The molecule has 386 valence electrons. The molecule has 0 aliphatic carbocycles. The van der Waals surface area contributed by atoms with Gasteiger partial charge in [-0.05, 0) is 119 Å². The Kier molecular flexibility index (Phi) is 16.0. The summed E-state index contributed by atoms with van der Waals surface area (Å²) < 4.78 is 15.3. The van der Waals surface area contributed by atoms with Crippen LogP contribution in [-0.2, 0) is 31.9 Å². The maximum atomic E-state index is 14.5. The summed E-state index contributed by atoms with van der Waals surface area (Å²) in [4.78, 5) is 67.2.